The fourth-order valence-electron chi connectivity index (χ4n) is 3.96. The number of sulfonamides is 1. The van der Waals surface area contributed by atoms with Gasteiger partial charge in [-0.2, -0.15) is 0 Å². The molecular weight excluding hydrogens is 450 g/mol. The molecule has 0 saturated heterocycles. The largest absolute Gasteiger partial charge is 0.355 e. The van der Waals surface area contributed by atoms with Crippen LogP contribution in [0.4, 0.5) is 17.3 Å². The maximum atomic E-state index is 13.6. The van der Waals surface area contributed by atoms with Gasteiger partial charge in [-0.05, 0) is 42.5 Å². The van der Waals surface area contributed by atoms with Crippen molar-refractivity contribution in [2.45, 2.75) is 4.90 Å². The van der Waals surface area contributed by atoms with Crippen LogP contribution in [0.25, 0.3) is 11.0 Å². The third kappa shape index (κ3) is 3.73. The highest BCUT2D eigenvalue weighted by molar-refractivity contribution is 7.92. The van der Waals surface area contributed by atoms with Gasteiger partial charge >= 0.3 is 0 Å². The van der Waals surface area contributed by atoms with E-state index in [2.05, 4.69) is 0 Å². The summed E-state index contributed by atoms with van der Waals surface area (Å²) in [6.45, 7) is 0.997. The minimum absolute atomic E-state index is 0.0450. The van der Waals surface area contributed by atoms with E-state index in [1.165, 1.54) is 23.5 Å². The van der Waals surface area contributed by atoms with E-state index in [1.54, 1.807) is 41.3 Å². The first-order valence-electron chi connectivity index (χ1n) is 10.8. The maximum Gasteiger partial charge on any atom is 0.264 e. The third-order valence-electron chi connectivity index (χ3n) is 5.92. The first kappa shape index (κ1) is 21.8. The van der Waals surface area contributed by atoms with Crippen LogP contribution in [0.3, 0.4) is 0 Å². The smallest absolute Gasteiger partial charge is 0.264 e. The van der Waals surface area contributed by atoms with Gasteiger partial charge in [-0.25, -0.2) is 18.4 Å². The van der Waals surface area contributed by atoms with E-state index in [0.717, 1.165) is 5.52 Å². The summed E-state index contributed by atoms with van der Waals surface area (Å²) in [7, 11) is -0.440. The average molecular weight is 474 g/mol. The Balaban J connectivity index is 1.52. The van der Waals surface area contributed by atoms with Gasteiger partial charge in [0.15, 0.2) is 11.6 Å². The number of hydrogen-bond donors (Lipinski definition) is 0. The monoisotopic (exact) mass is 473 g/mol. The lowest BCUT2D eigenvalue weighted by atomic mass is 10.2. The fraction of sp³-hybridized carbons (Fsp3) is 0.160. The zero-order valence-electron chi connectivity index (χ0n) is 18.8. The molecule has 0 N–H and O–H groups in total. The molecular formula is C25H23N5O3S. The van der Waals surface area contributed by atoms with Gasteiger partial charge in [0.05, 0.1) is 21.6 Å². The van der Waals surface area contributed by atoms with Crippen molar-refractivity contribution >= 4 is 44.3 Å². The summed E-state index contributed by atoms with van der Waals surface area (Å²) < 4.78 is 27.7. The van der Waals surface area contributed by atoms with E-state index in [1.807, 2.05) is 42.3 Å². The van der Waals surface area contributed by atoms with Gasteiger partial charge in [0.25, 0.3) is 15.9 Å². The first-order valence-corrected chi connectivity index (χ1v) is 12.2. The highest BCUT2D eigenvalue weighted by Gasteiger charge is 2.30. The molecule has 0 aliphatic carbocycles. The molecule has 34 heavy (non-hydrogen) atoms. The molecule has 2 heterocycles. The summed E-state index contributed by atoms with van der Waals surface area (Å²) in [4.78, 5) is 26.5. The SMILES string of the molecule is CN1CCN(C(=O)c2cccc(S(=O)(=O)N(C)c3ccccc3)c2)c2nc3ccccc3nc21. The van der Waals surface area contributed by atoms with E-state index < -0.39 is 10.0 Å². The Morgan fingerprint density at radius 3 is 2.21 bits per heavy atom. The number of fused-ring (bicyclic) bond motifs is 2. The Kier molecular flexibility index (Phi) is 5.41. The van der Waals surface area contributed by atoms with Crippen molar-refractivity contribution in [2.75, 3.05) is 41.3 Å². The maximum absolute atomic E-state index is 13.6. The van der Waals surface area contributed by atoms with Crippen LogP contribution in [0.5, 0.6) is 0 Å². The summed E-state index contributed by atoms with van der Waals surface area (Å²) >= 11 is 0. The lowest BCUT2D eigenvalue weighted by Crippen LogP contribution is -2.43. The second-order valence-corrected chi connectivity index (χ2v) is 10.0. The van der Waals surface area contributed by atoms with Crippen molar-refractivity contribution in [1.82, 2.24) is 9.97 Å². The molecule has 8 nitrogen and oxygen atoms in total. The van der Waals surface area contributed by atoms with E-state index >= 15 is 0 Å². The van der Waals surface area contributed by atoms with Crippen LogP contribution in [-0.2, 0) is 10.0 Å². The summed E-state index contributed by atoms with van der Waals surface area (Å²) in [5, 5.41) is 0. The van der Waals surface area contributed by atoms with E-state index in [0.29, 0.717) is 35.9 Å². The van der Waals surface area contributed by atoms with Gasteiger partial charge in [0, 0.05) is 32.7 Å². The molecule has 1 aromatic heterocycles. The van der Waals surface area contributed by atoms with Gasteiger partial charge in [-0.15, -0.1) is 0 Å². The van der Waals surface area contributed by atoms with Gasteiger partial charge in [-0.3, -0.25) is 14.0 Å². The van der Waals surface area contributed by atoms with Crippen LogP contribution in [0, 0.1) is 0 Å². The lowest BCUT2D eigenvalue weighted by molar-refractivity contribution is 0.0985. The highest BCUT2D eigenvalue weighted by atomic mass is 32.2. The quantitative estimate of drug-likeness (QED) is 0.451. The Labute approximate surface area is 198 Å². The predicted octanol–water partition coefficient (Wildman–Crippen LogP) is 3.55. The molecule has 1 aliphatic heterocycles. The zero-order valence-corrected chi connectivity index (χ0v) is 19.6. The topological polar surface area (TPSA) is 86.7 Å². The molecule has 172 valence electrons. The minimum atomic E-state index is -3.85. The minimum Gasteiger partial charge on any atom is -0.355 e. The number of benzene rings is 3. The number of likely N-dealkylation sites (N-methyl/N-ethyl adjacent to an activating group) is 1. The van der Waals surface area contributed by atoms with Crippen LogP contribution in [-0.4, -0.2) is 51.5 Å². The Morgan fingerprint density at radius 2 is 1.50 bits per heavy atom. The van der Waals surface area contributed by atoms with Crippen LogP contribution in [0.15, 0.2) is 83.8 Å². The van der Waals surface area contributed by atoms with Crippen molar-refractivity contribution in [3.8, 4) is 0 Å². The second-order valence-electron chi connectivity index (χ2n) is 8.07. The van der Waals surface area contributed by atoms with Crippen LogP contribution >= 0.6 is 0 Å². The molecule has 1 amide bonds. The summed E-state index contributed by atoms with van der Waals surface area (Å²) in [6, 6.07) is 22.4. The van der Waals surface area contributed by atoms with Gasteiger partial charge in [-0.1, -0.05) is 36.4 Å². The molecule has 0 saturated carbocycles. The van der Waals surface area contributed by atoms with Gasteiger partial charge < -0.3 is 4.90 Å². The van der Waals surface area contributed by atoms with Gasteiger partial charge in [0.2, 0.25) is 0 Å². The summed E-state index contributed by atoms with van der Waals surface area (Å²) in [5.74, 6) is 0.761. The number of hydrogen-bond acceptors (Lipinski definition) is 6. The van der Waals surface area contributed by atoms with Crippen molar-refractivity contribution in [3.05, 3.63) is 84.4 Å². The standard InChI is InChI=1S/C25H23N5O3S/c1-28-15-16-30(24-23(28)26-21-13-6-7-14-22(21)27-24)25(31)18-9-8-12-20(17-18)34(32,33)29(2)19-10-4-3-5-11-19/h3-14,17H,15-16H2,1-2H3. The van der Waals surface area contributed by atoms with Gasteiger partial charge in [0.1, 0.15) is 0 Å². The molecule has 0 spiro atoms. The molecule has 0 fully saturated rings. The number of aromatic nitrogens is 2. The van der Waals surface area contributed by atoms with Crippen molar-refractivity contribution in [1.29, 1.82) is 0 Å². The molecule has 0 unspecified atom stereocenters. The molecule has 5 rings (SSSR count). The van der Waals surface area contributed by atoms with E-state index in [9.17, 15) is 13.2 Å². The number of amides is 1. The third-order valence-corrected chi connectivity index (χ3v) is 7.70. The average Bonchev–Trinajstić information content (AvgIpc) is 2.88. The predicted molar refractivity (Wildman–Crippen MR) is 133 cm³/mol. The Bertz CT molecular complexity index is 1490. The molecule has 0 radical (unpaired) electrons. The molecule has 1 aliphatic rings. The molecule has 0 atom stereocenters. The first-order chi connectivity index (χ1) is 16.4. The summed E-state index contributed by atoms with van der Waals surface area (Å²) in [5.41, 5.74) is 2.25. The van der Waals surface area contributed by atoms with Crippen molar-refractivity contribution in [3.63, 3.8) is 0 Å². The Morgan fingerprint density at radius 1 is 0.853 bits per heavy atom. The molecule has 4 aromatic rings. The lowest BCUT2D eigenvalue weighted by Gasteiger charge is -2.33. The molecule has 0 bridgehead atoms. The van der Waals surface area contributed by atoms with Crippen LogP contribution in [0.1, 0.15) is 10.4 Å². The number of carbonyl (C=O) groups is 1. The molecule has 9 heteroatoms. The number of rotatable bonds is 4. The number of anilines is 3. The molecule has 3 aromatic carbocycles. The number of carbonyl (C=O) groups excluding carboxylic acids is 1. The van der Waals surface area contributed by atoms with Crippen LogP contribution in [0.2, 0.25) is 0 Å². The Hall–Kier alpha value is -3.98. The van der Waals surface area contributed by atoms with Crippen molar-refractivity contribution in [2.24, 2.45) is 0 Å². The highest BCUT2D eigenvalue weighted by Crippen LogP contribution is 2.32. The second kappa shape index (κ2) is 8.42. The summed E-state index contributed by atoms with van der Waals surface area (Å²) in [6.07, 6.45) is 0. The van der Waals surface area contributed by atoms with Crippen LogP contribution < -0.4 is 14.1 Å². The fourth-order valence-corrected chi connectivity index (χ4v) is 5.20. The normalized spacial score (nSPS) is 13.6. The number of nitrogens with zero attached hydrogens (tertiary/aromatic N) is 5. The zero-order chi connectivity index (χ0) is 23.9. The van der Waals surface area contributed by atoms with Crippen molar-refractivity contribution < 1.29 is 13.2 Å². The van der Waals surface area contributed by atoms with E-state index in [4.69, 9.17) is 9.97 Å². The van der Waals surface area contributed by atoms with E-state index in [-0.39, 0.29) is 16.4 Å². The number of para-hydroxylation sites is 3.